The van der Waals surface area contributed by atoms with Gasteiger partial charge >= 0.3 is 0 Å². The Morgan fingerprint density at radius 1 is 1.35 bits per heavy atom. The molecule has 2 heterocycles. The second-order valence-corrected chi connectivity index (χ2v) is 7.35. The number of carbonyl (C=O) groups excluding carboxylic acids is 1. The van der Waals surface area contributed by atoms with Gasteiger partial charge in [0.15, 0.2) is 6.10 Å². The molecule has 2 aliphatic heterocycles. The summed E-state index contributed by atoms with van der Waals surface area (Å²) < 4.78 is 5.83. The Morgan fingerprint density at radius 3 is 2.74 bits per heavy atom. The van der Waals surface area contributed by atoms with Crippen LogP contribution >= 0.6 is 0 Å². The van der Waals surface area contributed by atoms with Crippen LogP contribution in [0, 0.1) is 0 Å². The SMILES string of the molecule is CC1CN(CC(C)(C)O)CCN1C(=O)C1Cc2ccccc2O1. The molecule has 1 fully saturated rings. The molecule has 1 N–H and O–H groups in total. The van der Waals surface area contributed by atoms with Crippen LogP contribution in [0.15, 0.2) is 24.3 Å². The van der Waals surface area contributed by atoms with Crippen LogP contribution in [0.25, 0.3) is 0 Å². The molecular weight excluding hydrogens is 292 g/mol. The first kappa shape index (κ1) is 16.3. The van der Waals surface area contributed by atoms with Gasteiger partial charge in [0.25, 0.3) is 5.91 Å². The van der Waals surface area contributed by atoms with Gasteiger partial charge in [0.1, 0.15) is 5.75 Å². The van der Waals surface area contributed by atoms with Crippen molar-refractivity contribution in [3.63, 3.8) is 0 Å². The number of ether oxygens (including phenoxy) is 1. The number of β-amino-alcohol motifs (C(OH)–C–C–N with tert-alkyl or cyclic N) is 1. The molecule has 2 atom stereocenters. The molecule has 2 aliphatic rings. The van der Waals surface area contributed by atoms with Crippen LogP contribution < -0.4 is 4.74 Å². The third-order valence-corrected chi connectivity index (χ3v) is 4.53. The Bertz CT molecular complexity index is 557. The molecule has 0 bridgehead atoms. The van der Waals surface area contributed by atoms with Crippen LogP contribution in [0.2, 0.25) is 0 Å². The van der Waals surface area contributed by atoms with Crippen LogP contribution in [0.5, 0.6) is 5.75 Å². The number of amides is 1. The lowest BCUT2D eigenvalue weighted by atomic mass is 10.1. The Balaban J connectivity index is 1.60. The molecule has 23 heavy (non-hydrogen) atoms. The molecule has 126 valence electrons. The Hall–Kier alpha value is -1.59. The van der Waals surface area contributed by atoms with Crippen LogP contribution in [-0.2, 0) is 11.2 Å². The van der Waals surface area contributed by atoms with Gasteiger partial charge in [-0.15, -0.1) is 0 Å². The summed E-state index contributed by atoms with van der Waals surface area (Å²) in [5, 5.41) is 9.96. The molecule has 3 rings (SSSR count). The highest BCUT2D eigenvalue weighted by Gasteiger charge is 2.36. The normalized spacial score (nSPS) is 25.1. The molecular formula is C18H26N2O3. The van der Waals surface area contributed by atoms with Gasteiger partial charge in [-0.25, -0.2) is 0 Å². The number of piperazine rings is 1. The zero-order valence-corrected chi connectivity index (χ0v) is 14.2. The average molecular weight is 318 g/mol. The van der Waals surface area contributed by atoms with Gasteiger partial charge in [0.05, 0.1) is 5.60 Å². The summed E-state index contributed by atoms with van der Waals surface area (Å²) in [6.07, 6.45) is 0.265. The molecule has 1 saturated heterocycles. The topological polar surface area (TPSA) is 53.0 Å². The van der Waals surface area contributed by atoms with Crippen molar-refractivity contribution < 1.29 is 14.6 Å². The van der Waals surface area contributed by atoms with E-state index in [-0.39, 0.29) is 11.9 Å². The second-order valence-electron chi connectivity index (χ2n) is 7.35. The standard InChI is InChI=1S/C18H26N2O3/c1-13-11-19(12-18(2,3)22)8-9-20(13)17(21)16-10-14-6-4-5-7-15(14)23-16/h4-7,13,16,22H,8-12H2,1-3H3. The second kappa shape index (κ2) is 6.13. The van der Waals surface area contributed by atoms with E-state index >= 15 is 0 Å². The van der Waals surface area contributed by atoms with Gasteiger partial charge in [0.2, 0.25) is 0 Å². The molecule has 2 unspecified atom stereocenters. The minimum atomic E-state index is -0.706. The van der Waals surface area contributed by atoms with E-state index in [1.54, 1.807) is 0 Å². The van der Waals surface area contributed by atoms with Crippen molar-refractivity contribution in [1.82, 2.24) is 9.80 Å². The zero-order chi connectivity index (χ0) is 16.6. The number of rotatable bonds is 3. The van der Waals surface area contributed by atoms with Gasteiger partial charge in [-0.05, 0) is 32.4 Å². The summed E-state index contributed by atoms with van der Waals surface area (Å²) in [6.45, 7) is 8.60. The molecule has 1 aromatic carbocycles. The maximum absolute atomic E-state index is 12.8. The minimum Gasteiger partial charge on any atom is -0.480 e. The molecule has 0 aromatic heterocycles. The van der Waals surface area contributed by atoms with Crippen molar-refractivity contribution in [2.75, 3.05) is 26.2 Å². The number of hydrogen-bond acceptors (Lipinski definition) is 4. The third-order valence-electron chi connectivity index (χ3n) is 4.53. The quantitative estimate of drug-likeness (QED) is 0.912. The monoisotopic (exact) mass is 318 g/mol. The van der Waals surface area contributed by atoms with Crippen molar-refractivity contribution in [3.05, 3.63) is 29.8 Å². The van der Waals surface area contributed by atoms with Crippen LogP contribution in [0.3, 0.4) is 0 Å². The first-order chi connectivity index (χ1) is 10.8. The Morgan fingerprint density at radius 2 is 2.09 bits per heavy atom. The van der Waals surface area contributed by atoms with Crippen LogP contribution in [-0.4, -0.2) is 64.7 Å². The molecule has 0 radical (unpaired) electrons. The van der Waals surface area contributed by atoms with E-state index in [0.29, 0.717) is 19.5 Å². The van der Waals surface area contributed by atoms with E-state index in [1.165, 1.54) is 0 Å². The van der Waals surface area contributed by atoms with Crippen molar-refractivity contribution in [2.45, 2.75) is 44.9 Å². The molecule has 0 aliphatic carbocycles. The number of aliphatic hydroxyl groups is 1. The van der Waals surface area contributed by atoms with Crippen molar-refractivity contribution in [3.8, 4) is 5.75 Å². The number of fused-ring (bicyclic) bond motifs is 1. The van der Waals surface area contributed by atoms with E-state index in [2.05, 4.69) is 11.8 Å². The van der Waals surface area contributed by atoms with Gasteiger partial charge < -0.3 is 14.7 Å². The van der Waals surface area contributed by atoms with E-state index in [1.807, 2.05) is 43.0 Å². The fraction of sp³-hybridized carbons (Fsp3) is 0.611. The van der Waals surface area contributed by atoms with E-state index in [0.717, 1.165) is 24.4 Å². The first-order valence-electron chi connectivity index (χ1n) is 8.33. The molecule has 5 nitrogen and oxygen atoms in total. The van der Waals surface area contributed by atoms with Crippen molar-refractivity contribution >= 4 is 5.91 Å². The number of carbonyl (C=O) groups is 1. The number of benzene rings is 1. The fourth-order valence-corrected chi connectivity index (χ4v) is 3.56. The van der Waals surface area contributed by atoms with Crippen LogP contribution in [0.1, 0.15) is 26.3 Å². The molecule has 1 aromatic rings. The third kappa shape index (κ3) is 3.67. The maximum atomic E-state index is 12.8. The first-order valence-corrected chi connectivity index (χ1v) is 8.33. The molecule has 0 saturated carbocycles. The van der Waals surface area contributed by atoms with Gasteiger partial charge in [-0.2, -0.15) is 0 Å². The highest BCUT2D eigenvalue weighted by molar-refractivity contribution is 5.83. The van der Waals surface area contributed by atoms with E-state index < -0.39 is 11.7 Å². The summed E-state index contributed by atoms with van der Waals surface area (Å²) in [5.74, 6) is 0.913. The van der Waals surface area contributed by atoms with Gasteiger partial charge in [-0.3, -0.25) is 9.69 Å². The van der Waals surface area contributed by atoms with Crippen molar-refractivity contribution in [2.24, 2.45) is 0 Å². The predicted octanol–water partition coefficient (Wildman–Crippen LogP) is 1.29. The summed E-state index contributed by atoms with van der Waals surface area (Å²) in [5.41, 5.74) is 0.404. The predicted molar refractivity (Wildman–Crippen MR) is 88.5 cm³/mol. The summed E-state index contributed by atoms with van der Waals surface area (Å²) in [7, 11) is 0. The van der Waals surface area contributed by atoms with E-state index in [4.69, 9.17) is 4.74 Å². The molecule has 0 spiro atoms. The highest BCUT2D eigenvalue weighted by atomic mass is 16.5. The largest absolute Gasteiger partial charge is 0.480 e. The lowest BCUT2D eigenvalue weighted by Crippen LogP contribution is -2.58. The maximum Gasteiger partial charge on any atom is 0.264 e. The zero-order valence-electron chi connectivity index (χ0n) is 14.2. The molecule has 5 heteroatoms. The Kier molecular flexibility index (Phi) is 4.34. The number of hydrogen-bond donors (Lipinski definition) is 1. The minimum absolute atomic E-state index is 0.0802. The van der Waals surface area contributed by atoms with Crippen LogP contribution in [0.4, 0.5) is 0 Å². The highest BCUT2D eigenvalue weighted by Crippen LogP contribution is 2.29. The van der Waals surface area contributed by atoms with Crippen molar-refractivity contribution in [1.29, 1.82) is 0 Å². The van der Waals surface area contributed by atoms with Gasteiger partial charge in [-0.1, -0.05) is 18.2 Å². The lowest BCUT2D eigenvalue weighted by Gasteiger charge is -2.42. The molecule has 1 amide bonds. The number of nitrogens with zero attached hydrogens (tertiary/aromatic N) is 2. The Labute approximate surface area is 137 Å². The summed E-state index contributed by atoms with van der Waals surface area (Å²) >= 11 is 0. The fourth-order valence-electron chi connectivity index (χ4n) is 3.56. The number of para-hydroxylation sites is 1. The lowest BCUT2D eigenvalue weighted by molar-refractivity contribution is -0.143. The smallest absolute Gasteiger partial charge is 0.264 e. The average Bonchev–Trinajstić information content (AvgIpc) is 2.89. The summed E-state index contributed by atoms with van der Waals surface area (Å²) in [6, 6.07) is 7.99. The van der Waals surface area contributed by atoms with E-state index in [9.17, 15) is 9.90 Å². The summed E-state index contributed by atoms with van der Waals surface area (Å²) in [4.78, 5) is 17.0. The van der Waals surface area contributed by atoms with Gasteiger partial charge in [0, 0.05) is 38.6 Å².